The smallest absolute Gasteiger partial charge is 0.0612 e. The summed E-state index contributed by atoms with van der Waals surface area (Å²) in [5.74, 6) is 0. The van der Waals surface area contributed by atoms with E-state index in [2.05, 4.69) is 17.9 Å². The first kappa shape index (κ1) is 9.75. The van der Waals surface area contributed by atoms with Crippen molar-refractivity contribution in [3.8, 4) is 0 Å². The Labute approximate surface area is 74.9 Å². The van der Waals surface area contributed by atoms with Crippen molar-refractivity contribution in [3.05, 3.63) is 12.2 Å². The number of hydrogen-bond donors (Lipinski definition) is 1. The first-order valence-electron chi connectivity index (χ1n) is 4.88. The fourth-order valence-corrected chi connectivity index (χ4v) is 1.91. The quantitative estimate of drug-likeness (QED) is 0.643. The molecule has 70 valence electrons. The Bertz CT molecular complexity index is 145. The number of aliphatic hydroxyl groups excluding tert-OH is 1. The Kier molecular flexibility index (Phi) is 4.33. The van der Waals surface area contributed by atoms with Gasteiger partial charge < -0.3 is 10.0 Å². The van der Waals surface area contributed by atoms with Gasteiger partial charge in [-0.1, -0.05) is 19.1 Å². The lowest BCUT2D eigenvalue weighted by Crippen LogP contribution is -2.28. The van der Waals surface area contributed by atoms with Crippen molar-refractivity contribution >= 4 is 0 Å². The molecule has 1 N–H and O–H groups in total. The summed E-state index contributed by atoms with van der Waals surface area (Å²) in [5.41, 5.74) is 0. The highest BCUT2D eigenvalue weighted by Gasteiger charge is 2.20. The molecule has 1 fully saturated rings. The molecule has 2 nitrogen and oxygen atoms in total. The molecular formula is C10H19NO. The lowest BCUT2D eigenvalue weighted by atomic mass is 10.1. The summed E-state index contributed by atoms with van der Waals surface area (Å²) in [7, 11) is 0. The van der Waals surface area contributed by atoms with Crippen molar-refractivity contribution in [2.75, 3.05) is 19.7 Å². The van der Waals surface area contributed by atoms with Crippen LogP contribution in [0.3, 0.4) is 0 Å². The first-order valence-corrected chi connectivity index (χ1v) is 4.88. The molecule has 1 aliphatic heterocycles. The van der Waals surface area contributed by atoms with Crippen LogP contribution in [0.2, 0.25) is 0 Å². The molecule has 0 aromatic carbocycles. The summed E-state index contributed by atoms with van der Waals surface area (Å²) in [6.45, 7) is 4.82. The topological polar surface area (TPSA) is 23.5 Å². The third kappa shape index (κ3) is 2.61. The number of nitrogens with zero attached hydrogens (tertiary/aromatic N) is 1. The molecule has 0 radical (unpaired) electrons. The van der Waals surface area contributed by atoms with E-state index in [1.54, 1.807) is 0 Å². The molecule has 0 spiro atoms. The van der Waals surface area contributed by atoms with Gasteiger partial charge in [0, 0.05) is 6.04 Å². The van der Waals surface area contributed by atoms with Crippen LogP contribution < -0.4 is 0 Å². The molecule has 0 saturated carbocycles. The standard InChI is InChI=1S/C10H19NO/c1-2-11-8-5-7-10(11)6-3-4-9-12/h3-4,10,12H,2,5-9H2,1H3/b4-3-. The number of likely N-dealkylation sites (tertiary alicyclic amines) is 1. The van der Waals surface area contributed by atoms with Gasteiger partial charge in [0.25, 0.3) is 0 Å². The van der Waals surface area contributed by atoms with Crippen LogP contribution in [0.15, 0.2) is 12.2 Å². The minimum atomic E-state index is 0.179. The third-order valence-corrected chi connectivity index (χ3v) is 2.59. The monoisotopic (exact) mass is 169 g/mol. The second kappa shape index (κ2) is 5.33. The van der Waals surface area contributed by atoms with Gasteiger partial charge >= 0.3 is 0 Å². The molecule has 1 heterocycles. The maximum Gasteiger partial charge on any atom is 0.0612 e. The second-order valence-corrected chi connectivity index (χ2v) is 3.31. The van der Waals surface area contributed by atoms with Crippen LogP contribution >= 0.6 is 0 Å². The molecule has 0 aromatic heterocycles. The fraction of sp³-hybridized carbons (Fsp3) is 0.800. The van der Waals surface area contributed by atoms with E-state index in [9.17, 15) is 0 Å². The van der Waals surface area contributed by atoms with Crippen molar-refractivity contribution < 1.29 is 5.11 Å². The first-order chi connectivity index (χ1) is 5.88. The van der Waals surface area contributed by atoms with Gasteiger partial charge in [0.1, 0.15) is 0 Å². The van der Waals surface area contributed by atoms with Crippen molar-refractivity contribution in [1.29, 1.82) is 0 Å². The molecule has 1 saturated heterocycles. The number of aliphatic hydroxyl groups is 1. The Hall–Kier alpha value is -0.340. The molecule has 0 aromatic rings. The number of rotatable bonds is 4. The van der Waals surface area contributed by atoms with Gasteiger partial charge in [-0.25, -0.2) is 0 Å². The van der Waals surface area contributed by atoms with Crippen LogP contribution in [0.1, 0.15) is 26.2 Å². The van der Waals surface area contributed by atoms with Crippen LogP contribution in [0, 0.1) is 0 Å². The highest BCUT2D eigenvalue weighted by atomic mass is 16.2. The average Bonchev–Trinajstić information content (AvgIpc) is 2.52. The van der Waals surface area contributed by atoms with Crippen molar-refractivity contribution in [2.45, 2.75) is 32.2 Å². The van der Waals surface area contributed by atoms with Crippen LogP contribution in [0.25, 0.3) is 0 Å². The van der Waals surface area contributed by atoms with E-state index < -0.39 is 0 Å². The zero-order chi connectivity index (χ0) is 8.81. The zero-order valence-electron chi connectivity index (χ0n) is 7.87. The van der Waals surface area contributed by atoms with Gasteiger partial charge in [-0.2, -0.15) is 0 Å². The molecular weight excluding hydrogens is 150 g/mol. The minimum Gasteiger partial charge on any atom is -0.392 e. The molecule has 1 atom stereocenters. The summed E-state index contributed by atoms with van der Waals surface area (Å²) in [6, 6.07) is 0.734. The van der Waals surface area contributed by atoms with Gasteiger partial charge in [-0.3, -0.25) is 0 Å². The summed E-state index contributed by atoms with van der Waals surface area (Å²) in [6.07, 6.45) is 7.70. The van der Waals surface area contributed by atoms with E-state index >= 15 is 0 Å². The minimum absolute atomic E-state index is 0.179. The summed E-state index contributed by atoms with van der Waals surface area (Å²) in [5, 5.41) is 8.56. The largest absolute Gasteiger partial charge is 0.392 e. The van der Waals surface area contributed by atoms with E-state index in [1.165, 1.54) is 19.4 Å². The van der Waals surface area contributed by atoms with Crippen molar-refractivity contribution in [2.24, 2.45) is 0 Å². The predicted molar refractivity (Wildman–Crippen MR) is 51.1 cm³/mol. The molecule has 12 heavy (non-hydrogen) atoms. The van der Waals surface area contributed by atoms with E-state index in [1.807, 2.05) is 6.08 Å². The van der Waals surface area contributed by atoms with Gasteiger partial charge in [-0.05, 0) is 32.4 Å². The SMILES string of the molecule is CCN1CCCC1C/C=C\CO. The van der Waals surface area contributed by atoms with Gasteiger partial charge in [0.15, 0.2) is 0 Å². The molecule has 2 heteroatoms. The van der Waals surface area contributed by atoms with Crippen LogP contribution in [0.5, 0.6) is 0 Å². The van der Waals surface area contributed by atoms with E-state index in [-0.39, 0.29) is 6.61 Å². The second-order valence-electron chi connectivity index (χ2n) is 3.31. The van der Waals surface area contributed by atoms with E-state index in [4.69, 9.17) is 5.11 Å². The molecule has 0 amide bonds. The lowest BCUT2D eigenvalue weighted by Gasteiger charge is -2.20. The summed E-state index contributed by atoms with van der Waals surface area (Å²) < 4.78 is 0. The normalized spacial score (nSPS) is 25.7. The van der Waals surface area contributed by atoms with Crippen LogP contribution in [0.4, 0.5) is 0 Å². The molecule has 1 rings (SSSR count). The van der Waals surface area contributed by atoms with Crippen molar-refractivity contribution in [3.63, 3.8) is 0 Å². The molecule has 1 aliphatic rings. The Balaban J connectivity index is 2.25. The molecule has 0 aliphatic carbocycles. The maximum absolute atomic E-state index is 8.56. The lowest BCUT2D eigenvalue weighted by molar-refractivity contribution is 0.268. The highest BCUT2D eigenvalue weighted by Crippen LogP contribution is 2.19. The van der Waals surface area contributed by atoms with E-state index in [0.29, 0.717) is 0 Å². The van der Waals surface area contributed by atoms with Gasteiger partial charge in [-0.15, -0.1) is 0 Å². The van der Waals surface area contributed by atoms with Gasteiger partial charge in [0.2, 0.25) is 0 Å². The Morgan fingerprint density at radius 1 is 1.50 bits per heavy atom. The van der Waals surface area contributed by atoms with Gasteiger partial charge in [0.05, 0.1) is 6.61 Å². The predicted octanol–water partition coefficient (Wildman–Crippen LogP) is 1.41. The highest BCUT2D eigenvalue weighted by molar-refractivity contribution is 4.89. The van der Waals surface area contributed by atoms with Crippen LogP contribution in [-0.2, 0) is 0 Å². The fourth-order valence-electron chi connectivity index (χ4n) is 1.91. The Morgan fingerprint density at radius 3 is 3.00 bits per heavy atom. The third-order valence-electron chi connectivity index (χ3n) is 2.59. The molecule has 0 bridgehead atoms. The summed E-state index contributed by atoms with van der Waals surface area (Å²) >= 11 is 0. The summed E-state index contributed by atoms with van der Waals surface area (Å²) in [4.78, 5) is 2.52. The van der Waals surface area contributed by atoms with Crippen LogP contribution in [-0.4, -0.2) is 35.7 Å². The Morgan fingerprint density at radius 2 is 2.33 bits per heavy atom. The average molecular weight is 169 g/mol. The van der Waals surface area contributed by atoms with Crippen molar-refractivity contribution in [1.82, 2.24) is 4.90 Å². The maximum atomic E-state index is 8.56. The van der Waals surface area contributed by atoms with E-state index in [0.717, 1.165) is 19.0 Å². The molecule has 1 unspecified atom stereocenters. The number of hydrogen-bond acceptors (Lipinski definition) is 2. The zero-order valence-corrected chi connectivity index (χ0v) is 7.87.